The fourth-order valence-electron chi connectivity index (χ4n) is 1.70. The molecule has 3 nitrogen and oxygen atoms in total. The number of nitrogens with zero attached hydrogens (tertiary/aromatic N) is 2. The largest absolute Gasteiger partial charge is 0.335 e. The topological polar surface area (TPSA) is 33.2 Å². The van der Waals surface area contributed by atoms with E-state index >= 15 is 0 Å². The summed E-state index contributed by atoms with van der Waals surface area (Å²) in [5.41, 5.74) is 1.72. The van der Waals surface area contributed by atoms with Crippen LogP contribution in [0.2, 0.25) is 10.3 Å². The van der Waals surface area contributed by atoms with Gasteiger partial charge in [-0.2, -0.15) is 0 Å². The summed E-state index contributed by atoms with van der Waals surface area (Å²) < 4.78 is 0. The molecule has 0 bridgehead atoms. The molecular weight excluding hydrogens is 259 g/mol. The van der Waals surface area contributed by atoms with Crippen LogP contribution < -0.4 is 0 Å². The Balaban J connectivity index is 2.20. The van der Waals surface area contributed by atoms with Gasteiger partial charge in [0.1, 0.15) is 10.3 Å². The Bertz CT molecular complexity index is 485. The standard InChI is InChI=1S/C12H12Cl2N2O/c1-8-4-6-16(7-5-8)12(17)9-2-3-10(13)15-11(9)14/h2-4H,5-7H2,1H3. The third kappa shape index (κ3) is 2.79. The number of amides is 1. The minimum Gasteiger partial charge on any atom is -0.335 e. The molecule has 0 atom stereocenters. The van der Waals surface area contributed by atoms with E-state index in [9.17, 15) is 4.79 Å². The minimum atomic E-state index is -0.0945. The van der Waals surface area contributed by atoms with Gasteiger partial charge in [-0.1, -0.05) is 34.9 Å². The van der Waals surface area contributed by atoms with Crippen molar-refractivity contribution in [2.75, 3.05) is 13.1 Å². The average Bonchev–Trinajstić information content (AvgIpc) is 2.29. The first kappa shape index (κ1) is 12.4. The second kappa shape index (κ2) is 5.07. The maximum absolute atomic E-state index is 12.2. The Morgan fingerprint density at radius 2 is 2.18 bits per heavy atom. The molecule has 1 aliphatic rings. The first-order chi connectivity index (χ1) is 8.08. The molecule has 0 saturated heterocycles. The molecule has 0 fully saturated rings. The van der Waals surface area contributed by atoms with Gasteiger partial charge < -0.3 is 4.90 Å². The summed E-state index contributed by atoms with van der Waals surface area (Å²) in [6.45, 7) is 3.42. The summed E-state index contributed by atoms with van der Waals surface area (Å²) in [6, 6.07) is 3.19. The first-order valence-electron chi connectivity index (χ1n) is 5.35. The normalized spacial score (nSPS) is 15.7. The molecule has 0 aliphatic carbocycles. The van der Waals surface area contributed by atoms with Gasteiger partial charge in [0.15, 0.2) is 0 Å². The minimum absolute atomic E-state index is 0.0945. The van der Waals surface area contributed by atoms with E-state index in [1.807, 2.05) is 0 Å². The van der Waals surface area contributed by atoms with E-state index in [2.05, 4.69) is 18.0 Å². The molecule has 2 rings (SSSR count). The molecule has 1 aromatic heterocycles. The van der Waals surface area contributed by atoms with Gasteiger partial charge in [0.05, 0.1) is 5.56 Å². The van der Waals surface area contributed by atoms with Crippen LogP contribution >= 0.6 is 23.2 Å². The van der Waals surface area contributed by atoms with Crippen LogP contribution in [0, 0.1) is 0 Å². The number of hydrogen-bond donors (Lipinski definition) is 0. The Morgan fingerprint density at radius 1 is 1.41 bits per heavy atom. The van der Waals surface area contributed by atoms with E-state index in [1.54, 1.807) is 17.0 Å². The predicted molar refractivity (Wildman–Crippen MR) is 68.5 cm³/mol. The number of rotatable bonds is 1. The zero-order chi connectivity index (χ0) is 12.4. The van der Waals surface area contributed by atoms with E-state index < -0.39 is 0 Å². The summed E-state index contributed by atoms with van der Waals surface area (Å²) in [4.78, 5) is 17.8. The van der Waals surface area contributed by atoms with Crippen molar-refractivity contribution >= 4 is 29.1 Å². The lowest BCUT2D eigenvalue weighted by Gasteiger charge is -2.25. The van der Waals surface area contributed by atoms with Crippen molar-refractivity contribution in [3.63, 3.8) is 0 Å². The van der Waals surface area contributed by atoms with Crippen LogP contribution in [0.4, 0.5) is 0 Å². The highest BCUT2D eigenvalue weighted by Crippen LogP contribution is 2.20. The Hall–Kier alpha value is -1.06. The summed E-state index contributed by atoms with van der Waals surface area (Å²) in [6.07, 6.45) is 2.96. The van der Waals surface area contributed by atoms with Crippen molar-refractivity contribution in [1.29, 1.82) is 0 Å². The van der Waals surface area contributed by atoms with Gasteiger partial charge in [0.2, 0.25) is 0 Å². The molecule has 5 heteroatoms. The van der Waals surface area contributed by atoms with Gasteiger partial charge in [-0.3, -0.25) is 4.79 Å². The van der Waals surface area contributed by atoms with Crippen LogP contribution in [0.25, 0.3) is 0 Å². The molecule has 0 saturated carbocycles. The monoisotopic (exact) mass is 270 g/mol. The number of carbonyl (C=O) groups excluding carboxylic acids is 1. The number of pyridine rings is 1. The molecule has 2 heterocycles. The van der Waals surface area contributed by atoms with Crippen molar-refractivity contribution < 1.29 is 4.79 Å². The van der Waals surface area contributed by atoms with E-state index in [-0.39, 0.29) is 11.1 Å². The van der Waals surface area contributed by atoms with Crippen molar-refractivity contribution in [3.05, 3.63) is 39.7 Å². The van der Waals surface area contributed by atoms with Crippen molar-refractivity contribution in [3.8, 4) is 0 Å². The Morgan fingerprint density at radius 3 is 2.76 bits per heavy atom. The van der Waals surface area contributed by atoms with Crippen LogP contribution in [0.5, 0.6) is 0 Å². The van der Waals surface area contributed by atoms with Crippen molar-refractivity contribution in [1.82, 2.24) is 9.88 Å². The second-order valence-electron chi connectivity index (χ2n) is 4.02. The van der Waals surface area contributed by atoms with E-state index in [1.165, 1.54) is 5.57 Å². The maximum Gasteiger partial charge on any atom is 0.257 e. The number of aromatic nitrogens is 1. The zero-order valence-corrected chi connectivity index (χ0v) is 10.9. The molecule has 0 N–H and O–H groups in total. The van der Waals surface area contributed by atoms with Gasteiger partial charge in [-0.05, 0) is 25.5 Å². The highest BCUT2D eigenvalue weighted by molar-refractivity contribution is 6.34. The van der Waals surface area contributed by atoms with Crippen LogP contribution in [-0.4, -0.2) is 28.9 Å². The SMILES string of the molecule is CC1=CCN(C(=O)c2ccc(Cl)nc2Cl)CC1. The molecule has 1 aliphatic heterocycles. The molecule has 0 radical (unpaired) electrons. The average molecular weight is 271 g/mol. The fourth-order valence-corrected chi connectivity index (χ4v) is 2.12. The van der Waals surface area contributed by atoms with Crippen LogP contribution in [0.1, 0.15) is 23.7 Å². The zero-order valence-electron chi connectivity index (χ0n) is 9.41. The third-order valence-corrected chi connectivity index (χ3v) is 3.27. The lowest BCUT2D eigenvalue weighted by atomic mass is 10.1. The highest BCUT2D eigenvalue weighted by atomic mass is 35.5. The molecule has 0 unspecified atom stereocenters. The quantitative estimate of drug-likeness (QED) is 0.580. The highest BCUT2D eigenvalue weighted by Gasteiger charge is 2.20. The van der Waals surface area contributed by atoms with Crippen molar-refractivity contribution in [2.45, 2.75) is 13.3 Å². The fraction of sp³-hybridized carbons (Fsp3) is 0.333. The molecular formula is C12H12Cl2N2O. The summed E-state index contributed by atoms with van der Waals surface area (Å²) in [5.74, 6) is -0.0945. The maximum atomic E-state index is 12.2. The Labute approximate surface area is 110 Å². The van der Waals surface area contributed by atoms with Gasteiger partial charge in [0, 0.05) is 13.1 Å². The number of carbonyl (C=O) groups is 1. The molecule has 0 aromatic carbocycles. The van der Waals surface area contributed by atoms with Gasteiger partial charge in [-0.25, -0.2) is 4.98 Å². The molecule has 0 spiro atoms. The van der Waals surface area contributed by atoms with E-state index in [0.717, 1.165) is 13.0 Å². The van der Waals surface area contributed by atoms with Crippen LogP contribution in [0.3, 0.4) is 0 Å². The van der Waals surface area contributed by atoms with E-state index in [4.69, 9.17) is 23.2 Å². The smallest absolute Gasteiger partial charge is 0.257 e. The van der Waals surface area contributed by atoms with Crippen LogP contribution in [-0.2, 0) is 0 Å². The molecule has 1 amide bonds. The third-order valence-electron chi connectivity index (χ3n) is 2.77. The first-order valence-corrected chi connectivity index (χ1v) is 6.10. The second-order valence-corrected chi connectivity index (χ2v) is 4.77. The summed E-state index contributed by atoms with van der Waals surface area (Å²) in [5, 5.41) is 0.453. The lowest BCUT2D eigenvalue weighted by Crippen LogP contribution is -2.34. The van der Waals surface area contributed by atoms with E-state index in [0.29, 0.717) is 17.3 Å². The number of hydrogen-bond acceptors (Lipinski definition) is 2. The molecule has 1 aromatic rings. The summed E-state index contributed by atoms with van der Waals surface area (Å²) in [7, 11) is 0. The van der Waals surface area contributed by atoms with Gasteiger partial charge in [-0.15, -0.1) is 0 Å². The lowest BCUT2D eigenvalue weighted by molar-refractivity contribution is 0.0769. The molecule has 90 valence electrons. The van der Waals surface area contributed by atoms with Crippen LogP contribution in [0.15, 0.2) is 23.8 Å². The van der Waals surface area contributed by atoms with Gasteiger partial charge in [0.25, 0.3) is 5.91 Å². The predicted octanol–water partition coefficient (Wildman–Crippen LogP) is 3.18. The van der Waals surface area contributed by atoms with Gasteiger partial charge >= 0.3 is 0 Å². The summed E-state index contributed by atoms with van der Waals surface area (Å²) >= 11 is 11.6. The van der Waals surface area contributed by atoms with Crippen molar-refractivity contribution in [2.24, 2.45) is 0 Å². The molecule has 17 heavy (non-hydrogen) atoms. The Kier molecular flexibility index (Phi) is 3.69. The number of halogens is 2.